The van der Waals surface area contributed by atoms with Gasteiger partial charge in [0.2, 0.25) is 11.8 Å². The van der Waals surface area contributed by atoms with E-state index in [1.807, 2.05) is 60.7 Å². The van der Waals surface area contributed by atoms with Gasteiger partial charge in [0.1, 0.15) is 11.0 Å². The van der Waals surface area contributed by atoms with Crippen molar-refractivity contribution >= 4 is 67.4 Å². The van der Waals surface area contributed by atoms with E-state index in [1.165, 1.54) is 0 Å². The summed E-state index contributed by atoms with van der Waals surface area (Å²) in [5.74, 6) is 1.16. The predicted molar refractivity (Wildman–Crippen MR) is 368 cm³/mol. The Balaban J connectivity index is 0.851. The number of rotatable bonds is 14. The van der Waals surface area contributed by atoms with Crippen molar-refractivity contribution in [3.05, 3.63) is 328 Å². The Morgan fingerprint density at radius 3 is 0.844 bits per heavy atom. The van der Waals surface area contributed by atoms with Crippen molar-refractivity contribution in [2.24, 2.45) is 0 Å². The van der Waals surface area contributed by atoms with E-state index in [2.05, 4.69) is 277 Å². The summed E-state index contributed by atoms with van der Waals surface area (Å²) in [4.78, 5) is 25.6. The fraction of sp³-hybridized carbons (Fsp3) is 0. The molecule has 0 saturated carbocycles. The summed E-state index contributed by atoms with van der Waals surface area (Å²) in [5.41, 5.74) is 24.6. The fourth-order valence-electron chi connectivity index (χ4n) is 12.2. The zero-order valence-electron chi connectivity index (χ0n) is 48.7. The van der Waals surface area contributed by atoms with E-state index in [0.717, 1.165) is 146 Å². The van der Waals surface area contributed by atoms with Crippen molar-refractivity contribution in [2.75, 3.05) is 9.80 Å². The lowest BCUT2D eigenvalue weighted by atomic mass is 9.86. The van der Waals surface area contributed by atoms with Gasteiger partial charge in [0.15, 0.2) is 11.2 Å². The highest BCUT2D eigenvalue weighted by Crippen LogP contribution is 2.46. The third-order valence-corrected chi connectivity index (χ3v) is 16.6. The zero-order chi connectivity index (χ0) is 59.7. The molecule has 0 atom stereocenters. The second-order valence-corrected chi connectivity index (χ2v) is 22.1. The molecule has 0 bridgehead atoms. The molecule has 16 rings (SSSR count). The summed E-state index contributed by atoms with van der Waals surface area (Å²) >= 11 is 0. The number of hydrogen-bond donors (Lipinski definition) is 0. The topological polar surface area (TPSA) is 84.3 Å². The second-order valence-electron chi connectivity index (χ2n) is 22.1. The van der Waals surface area contributed by atoms with Gasteiger partial charge in [-0.1, -0.05) is 194 Å². The van der Waals surface area contributed by atoms with Gasteiger partial charge in [0.25, 0.3) is 0 Å². The molecular weight excluding hydrogens is 1100 g/mol. The first kappa shape index (κ1) is 53.2. The van der Waals surface area contributed by atoms with Crippen molar-refractivity contribution in [1.82, 2.24) is 19.9 Å². The van der Waals surface area contributed by atoms with Gasteiger partial charge < -0.3 is 18.6 Å². The lowest BCUT2D eigenvalue weighted by Crippen LogP contribution is -2.10. The maximum atomic E-state index is 6.18. The molecule has 0 aliphatic heterocycles. The van der Waals surface area contributed by atoms with Crippen molar-refractivity contribution in [2.45, 2.75) is 0 Å². The number of nitrogens with zero attached hydrogens (tertiary/aromatic N) is 6. The molecule has 3 aromatic heterocycles. The molecule has 424 valence electrons. The number of para-hydroxylation sites is 6. The third kappa shape index (κ3) is 10.2. The SMILES string of the molecule is c1ccc(-c2ccccc2-c2cc3nc(-c4ccc(N(c5ccccc5)c5ccc(-c6nc7ccccc7o6)cc5)cc4)c(-c4ccc(N(c5ccccc5)c5ccc(-c6nc7ccccc7o6)cc5)cc4)nc3cc2-c2ccccc2-c2ccccc2)cc1. The molecule has 0 radical (unpaired) electrons. The Bertz CT molecular complexity index is 4810. The highest BCUT2D eigenvalue weighted by molar-refractivity contribution is 6.02. The van der Waals surface area contributed by atoms with Gasteiger partial charge in [-0.25, -0.2) is 19.9 Å². The predicted octanol–water partition coefficient (Wildman–Crippen LogP) is 22.2. The molecule has 0 unspecified atom stereocenters. The summed E-state index contributed by atoms with van der Waals surface area (Å²) in [6.07, 6.45) is 0. The van der Waals surface area contributed by atoms with Crippen LogP contribution in [0.4, 0.5) is 34.1 Å². The van der Waals surface area contributed by atoms with Crippen LogP contribution in [0.5, 0.6) is 0 Å². The molecule has 0 aliphatic carbocycles. The van der Waals surface area contributed by atoms with Crippen LogP contribution in [0.25, 0.3) is 123 Å². The van der Waals surface area contributed by atoms with Gasteiger partial charge in [-0.05, 0) is 178 Å². The van der Waals surface area contributed by atoms with E-state index < -0.39 is 0 Å². The molecule has 16 aromatic rings. The molecule has 0 aliphatic rings. The minimum Gasteiger partial charge on any atom is -0.436 e. The van der Waals surface area contributed by atoms with Crippen molar-refractivity contribution < 1.29 is 8.83 Å². The summed E-state index contributed by atoms with van der Waals surface area (Å²) in [5, 5.41) is 0. The molecule has 0 N–H and O–H groups in total. The number of hydrogen-bond acceptors (Lipinski definition) is 8. The largest absolute Gasteiger partial charge is 0.436 e. The monoisotopic (exact) mass is 1150 g/mol. The van der Waals surface area contributed by atoms with Gasteiger partial charge in [-0.2, -0.15) is 0 Å². The van der Waals surface area contributed by atoms with E-state index in [4.69, 9.17) is 28.8 Å². The fourth-order valence-corrected chi connectivity index (χ4v) is 12.2. The molecule has 0 amide bonds. The van der Waals surface area contributed by atoms with Crippen LogP contribution in [0, 0.1) is 0 Å². The first-order valence-electron chi connectivity index (χ1n) is 30.1. The zero-order valence-corrected chi connectivity index (χ0v) is 48.7. The second kappa shape index (κ2) is 23.2. The highest BCUT2D eigenvalue weighted by atomic mass is 16.4. The van der Waals surface area contributed by atoms with Gasteiger partial charge >= 0.3 is 0 Å². The smallest absolute Gasteiger partial charge is 0.227 e. The average molecular weight is 1160 g/mol. The molecule has 0 saturated heterocycles. The van der Waals surface area contributed by atoms with Gasteiger partial charge in [0, 0.05) is 56.4 Å². The Morgan fingerprint density at radius 1 is 0.200 bits per heavy atom. The Hall–Kier alpha value is -12.3. The molecule has 90 heavy (non-hydrogen) atoms. The van der Waals surface area contributed by atoms with Crippen LogP contribution in [0.1, 0.15) is 0 Å². The number of anilines is 6. The van der Waals surface area contributed by atoms with Crippen LogP contribution >= 0.6 is 0 Å². The van der Waals surface area contributed by atoms with Crippen LogP contribution in [0.2, 0.25) is 0 Å². The Labute approximate surface area is 520 Å². The maximum Gasteiger partial charge on any atom is 0.227 e. The molecular formula is C82H54N6O2. The quantitative estimate of drug-likeness (QED) is 0.106. The first-order valence-corrected chi connectivity index (χ1v) is 30.1. The van der Waals surface area contributed by atoms with Crippen LogP contribution in [0.3, 0.4) is 0 Å². The van der Waals surface area contributed by atoms with Gasteiger partial charge in [-0.3, -0.25) is 0 Å². The lowest BCUT2D eigenvalue weighted by Gasteiger charge is -2.26. The van der Waals surface area contributed by atoms with E-state index in [-0.39, 0.29) is 0 Å². The molecule has 8 heteroatoms. The van der Waals surface area contributed by atoms with Crippen LogP contribution in [0.15, 0.2) is 336 Å². The Kier molecular flexibility index (Phi) is 13.7. The number of aromatic nitrogens is 4. The number of oxazole rings is 2. The van der Waals surface area contributed by atoms with Crippen molar-refractivity contribution in [1.29, 1.82) is 0 Å². The Morgan fingerprint density at radius 2 is 0.489 bits per heavy atom. The van der Waals surface area contributed by atoms with Crippen molar-refractivity contribution in [3.8, 4) is 89.9 Å². The summed E-state index contributed by atoms with van der Waals surface area (Å²) in [6, 6.07) is 114. The summed E-state index contributed by atoms with van der Waals surface area (Å²) in [7, 11) is 0. The molecule has 0 spiro atoms. The molecule has 8 nitrogen and oxygen atoms in total. The van der Waals surface area contributed by atoms with Gasteiger partial charge in [0.05, 0.1) is 22.4 Å². The molecule has 3 heterocycles. The first-order chi connectivity index (χ1) is 44.6. The average Bonchev–Trinajstić information content (AvgIpc) is 1.16. The number of fused-ring (bicyclic) bond motifs is 3. The number of benzene rings is 13. The van der Waals surface area contributed by atoms with E-state index in [9.17, 15) is 0 Å². The summed E-state index contributed by atoms with van der Waals surface area (Å²) < 4.78 is 12.4. The standard InChI is InChI=1S/C82H54N6O2/c1-5-21-55(22-6-1)67-29-13-15-31-69(67)71-53-75-76(54-72(71)70-32-16-14-30-68(70)56-23-7-2-8-24-56)84-80(58-39-47-64(48-40-58)88(62-27-11-4-12-28-62)66-51-43-60(44-52-66)82-86-74-34-18-20-36-78(74)90-82)79(83-75)57-37-45-63(46-38-57)87(61-25-9-3-10-26-61)65-49-41-59(42-50-65)81-85-73-33-17-19-35-77(73)89-81/h1-54H. The minimum absolute atomic E-state index is 0.581. The maximum absolute atomic E-state index is 6.18. The highest BCUT2D eigenvalue weighted by Gasteiger charge is 2.23. The van der Waals surface area contributed by atoms with E-state index >= 15 is 0 Å². The van der Waals surface area contributed by atoms with Crippen LogP contribution in [-0.2, 0) is 0 Å². The van der Waals surface area contributed by atoms with Gasteiger partial charge in [-0.15, -0.1) is 0 Å². The normalized spacial score (nSPS) is 11.3. The van der Waals surface area contributed by atoms with Crippen LogP contribution < -0.4 is 9.80 Å². The minimum atomic E-state index is 0.581. The molecule has 0 fully saturated rings. The van der Waals surface area contributed by atoms with Crippen LogP contribution in [-0.4, -0.2) is 19.9 Å². The van der Waals surface area contributed by atoms with E-state index in [0.29, 0.717) is 11.8 Å². The van der Waals surface area contributed by atoms with Crippen molar-refractivity contribution in [3.63, 3.8) is 0 Å². The third-order valence-electron chi connectivity index (χ3n) is 16.6. The molecule has 13 aromatic carbocycles. The van der Waals surface area contributed by atoms with E-state index in [1.54, 1.807) is 0 Å². The summed E-state index contributed by atoms with van der Waals surface area (Å²) in [6.45, 7) is 0. The lowest BCUT2D eigenvalue weighted by molar-refractivity contribution is 0.619.